The van der Waals surface area contributed by atoms with Crippen molar-refractivity contribution in [1.82, 2.24) is 8.80 Å². The van der Waals surface area contributed by atoms with Gasteiger partial charge in [-0.3, -0.25) is 0 Å². The molecular formula is C78H46N4O2. The normalized spacial score (nSPS) is 12.3. The molecule has 6 aromatic heterocycles. The van der Waals surface area contributed by atoms with E-state index >= 15 is 0 Å². The zero-order valence-electron chi connectivity index (χ0n) is 45.2. The molecule has 0 aliphatic heterocycles. The van der Waals surface area contributed by atoms with E-state index in [4.69, 9.17) is 8.83 Å². The van der Waals surface area contributed by atoms with E-state index in [-0.39, 0.29) is 0 Å². The van der Waals surface area contributed by atoms with Crippen LogP contribution in [0, 0.1) is 0 Å². The van der Waals surface area contributed by atoms with Gasteiger partial charge in [-0.25, -0.2) is 0 Å². The number of anilines is 6. The van der Waals surface area contributed by atoms with Crippen LogP contribution in [0.1, 0.15) is 0 Å². The second-order valence-corrected chi connectivity index (χ2v) is 22.3. The molecule has 0 saturated carbocycles. The zero-order valence-corrected chi connectivity index (χ0v) is 45.2. The maximum absolute atomic E-state index is 6.55. The first-order valence-corrected chi connectivity index (χ1v) is 28.7. The second kappa shape index (κ2) is 17.1. The van der Waals surface area contributed by atoms with Crippen LogP contribution in [-0.4, -0.2) is 8.80 Å². The van der Waals surface area contributed by atoms with Crippen molar-refractivity contribution in [2.24, 2.45) is 0 Å². The van der Waals surface area contributed by atoms with Gasteiger partial charge in [0, 0.05) is 122 Å². The lowest BCUT2D eigenvalue weighted by atomic mass is 9.89. The molecule has 0 unspecified atom stereocenters. The van der Waals surface area contributed by atoms with Crippen molar-refractivity contribution in [2.45, 2.75) is 0 Å². The monoisotopic (exact) mass is 1070 g/mol. The summed E-state index contributed by atoms with van der Waals surface area (Å²) in [7, 11) is 0. The molecule has 0 N–H and O–H groups in total. The Kier molecular flexibility index (Phi) is 9.24. The highest BCUT2D eigenvalue weighted by Gasteiger charge is 2.31. The molecule has 6 heterocycles. The number of fused-ring (bicyclic) bond motifs is 18. The lowest BCUT2D eigenvalue weighted by Gasteiger charge is -2.25. The Morgan fingerprint density at radius 1 is 0.226 bits per heavy atom. The van der Waals surface area contributed by atoms with E-state index in [0.29, 0.717) is 0 Å². The summed E-state index contributed by atoms with van der Waals surface area (Å²) in [6, 6.07) is 102. The summed E-state index contributed by atoms with van der Waals surface area (Å²) in [5.41, 5.74) is 21.6. The molecule has 6 heteroatoms. The van der Waals surface area contributed by atoms with E-state index in [1.165, 1.54) is 76.3 Å². The molecule has 0 aliphatic carbocycles. The fourth-order valence-corrected chi connectivity index (χ4v) is 14.5. The number of hydrogen-bond donors (Lipinski definition) is 0. The van der Waals surface area contributed by atoms with Crippen LogP contribution < -0.4 is 9.80 Å². The van der Waals surface area contributed by atoms with Crippen molar-refractivity contribution in [1.29, 1.82) is 0 Å². The van der Waals surface area contributed by atoms with Gasteiger partial charge in [-0.05, 0) is 96.1 Å². The van der Waals surface area contributed by atoms with Gasteiger partial charge >= 0.3 is 0 Å². The van der Waals surface area contributed by atoms with E-state index in [1.54, 1.807) is 0 Å². The Morgan fingerprint density at radius 2 is 0.560 bits per heavy atom. The van der Waals surface area contributed by atoms with Crippen LogP contribution in [0.4, 0.5) is 34.1 Å². The van der Waals surface area contributed by atoms with Gasteiger partial charge in [-0.15, -0.1) is 0 Å². The predicted octanol–water partition coefficient (Wildman–Crippen LogP) is 22.1. The highest BCUT2D eigenvalue weighted by Crippen LogP contribution is 2.55. The SMILES string of the molecule is c1ccc(-c2c3c4cccc5c6ccc(N(c7ccccc7)c7ccc8c(c7)oc7ccccc78)cc6n(c3c(-c3ccccc3)c3c6cccc7c8ccc(N(c9ccccc9)c9ccc%10c(c9)oc9ccccc9%10)cc8n(c23)c76)c54)cc1. The lowest BCUT2D eigenvalue weighted by Crippen LogP contribution is -2.09. The van der Waals surface area contributed by atoms with E-state index in [0.717, 1.165) is 100 Å². The van der Waals surface area contributed by atoms with Crippen molar-refractivity contribution < 1.29 is 8.83 Å². The topological polar surface area (TPSA) is 41.6 Å². The molecule has 0 amide bonds. The number of para-hydroxylation sites is 6. The van der Waals surface area contributed by atoms with E-state index in [9.17, 15) is 0 Å². The Bertz CT molecular complexity index is 5490. The summed E-state index contributed by atoms with van der Waals surface area (Å²) in [5.74, 6) is 0. The molecule has 0 saturated heterocycles. The van der Waals surface area contributed by atoms with Crippen LogP contribution in [0.3, 0.4) is 0 Å². The lowest BCUT2D eigenvalue weighted by molar-refractivity contribution is 0.668. The van der Waals surface area contributed by atoms with Gasteiger partial charge in [-0.1, -0.05) is 182 Å². The molecule has 19 aromatic rings. The Labute approximate surface area is 480 Å². The molecule has 84 heavy (non-hydrogen) atoms. The zero-order chi connectivity index (χ0) is 54.7. The van der Waals surface area contributed by atoms with Crippen molar-refractivity contribution in [3.05, 3.63) is 279 Å². The molecule has 0 aliphatic rings. The van der Waals surface area contributed by atoms with Gasteiger partial charge in [0.2, 0.25) is 0 Å². The van der Waals surface area contributed by atoms with Crippen LogP contribution >= 0.6 is 0 Å². The summed E-state index contributed by atoms with van der Waals surface area (Å²) >= 11 is 0. The summed E-state index contributed by atoms with van der Waals surface area (Å²) < 4.78 is 18.3. The minimum atomic E-state index is 0.856. The Morgan fingerprint density at radius 3 is 0.988 bits per heavy atom. The molecule has 0 spiro atoms. The van der Waals surface area contributed by atoms with Gasteiger partial charge < -0.3 is 27.4 Å². The van der Waals surface area contributed by atoms with Crippen LogP contribution in [0.2, 0.25) is 0 Å². The molecular weight excluding hydrogens is 1020 g/mol. The summed E-state index contributed by atoms with van der Waals surface area (Å²) in [6.07, 6.45) is 0. The van der Waals surface area contributed by atoms with Gasteiger partial charge in [0.05, 0.1) is 33.1 Å². The Hall–Kier alpha value is -11.3. The number of benzene rings is 13. The molecule has 13 aromatic carbocycles. The molecule has 0 fully saturated rings. The third kappa shape index (κ3) is 6.23. The number of furan rings is 2. The van der Waals surface area contributed by atoms with Crippen LogP contribution in [0.15, 0.2) is 288 Å². The van der Waals surface area contributed by atoms with E-state index < -0.39 is 0 Å². The van der Waals surface area contributed by atoms with Crippen LogP contribution in [-0.2, 0) is 0 Å². The van der Waals surface area contributed by atoms with E-state index in [1.807, 2.05) is 12.1 Å². The fourth-order valence-electron chi connectivity index (χ4n) is 14.5. The van der Waals surface area contributed by atoms with Gasteiger partial charge in [0.15, 0.2) is 0 Å². The molecule has 6 nitrogen and oxygen atoms in total. The van der Waals surface area contributed by atoms with Crippen molar-refractivity contribution in [2.75, 3.05) is 9.80 Å². The van der Waals surface area contributed by atoms with Crippen LogP contribution in [0.25, 0.3) is 142 Å². The number of hydrogen-bond acceptors (Lipinski definition) is 4. The van der Waals surface area contributed by atoms with Gasteiger partial charge in [0.1, 0.15) is 22.3 Å². The molecule has 390 valence electrons. The minimum Gasteiger partial charge on any atom is -0.456 e. The highest BCUT2D eigenvalue weighted by atomic mass is 16.3. The summed E-state index contributed by atoms with van der Waals surface area (Å²) in [4.78, 5) is 4.74. The van der Waals surface area contributed by atoms with E-state index in [2.05, 4.69) is 286 Å². The third-order valence-corrected chi connectivity index (χ3v) is 17.9. The smallest absolute Gasteiger partial charge is 0.137 e. The predicted molar refractivity (Wildman–Crippen MR) is 351 cm³/mol. The maximum Gasteiger partial charge on any atom is 0.137 e. The molecule has 0 atom stereocenters. The Balaban J connectivity index is 0.933. The number of nitrogens with zero attached hydrogens (tertiary/aromatic N) is 4. The molecule has 0 bridgehead atoms. The average Bonchev–Trinajstić information content (AvgIpc) is 1.60. The van der Waals surface area contributed by atoms with Crippen molar-refractivity contribution in [3.8, 4) is 22.3 Å². The first-order chi connectivity index (χ1) is 41.7. The molecule has 19 rings (SSSR count). The van der Waals surface area contributed by atoms with Crippen molar-refractivity contribution in [3.63, 3.8) is 0 Å². The summed E-state index contributed by atoms with van der Waals surface area (Å²) in [6.45, 7) is 0. The first kappa shape index (κ1) is 45.4. The number of rotatable bonds is 8. The van der Waals surface area contributed by atoms with Gasteiger partial charge in [0.25, 0.3) is 0 Å². The first-order valence-electron chi connectivity index (χ1n) is 28.7. The highest BCUT2D eigenvalue weighted by molar-refractivity contribution is 6.38. The molecule has 0 radical (unpaired) electrons. The second-order valence-electron chi connectivity index (χ2n) is 22.3. The largest absolute Gasteiger partial charge is 0.456 e. The minimum absolute atomic E-state index is 0.856. The van der Waals surface area contributed by atoms with Crippen molar-refractivity contribution >= 4 is 154 Å². The standard InChI is InChI=1S/C78H46N4O2/c1-5-19-47(20-6-1)71-73-63-31-17-29-61-56-40-36-52(80(50-25-11-4-12-26-50)54-38-42-60-58-28-14-16-34-68(58)84-70(60)46-54)44-66(56)82(75(61)63)78(73)72(48-21-7-2-8-22-48)74-64-32-18-30-62-55-39-35-51(43-65(55)81(76(62)64)77(71)74)79(49-23-9-3-10-24-49)53-37-41-59-57-27-13-15-33-67(57)83-69(59)45-53/h1-46H. The third-order valence-electron chi connectivity index (χ3n) is 17.9. The van der Waals surface area contributed by atoms with Gasteiger partial charge in [-0.2, -0.15) is 0 Å². The average molecular weight is 1070 g/mol. The van der Waals surface area contributed by atoms with Crippen LogP contribution in [0.5, 0.6) is 0 Å². The fraction of sp³-hybridized carbons (Fsp3) is 0. The quantitative estimate of drug-likeness (QED) is 0.152. The maximum atomic E-state index is 6.55. The summed E-state index contributed by atoms with van der Waals surface area (Å²) in [5, 5.41) is 14.2. The number of aromatic nitrogens is 2.